The molecule has 0 spiro atoms. The third kappa shape index (κ3) is 3.23. The van der Waals surface area contributed by atoms with Gasteiger partial charge in [0.05, 0.1) is 6.10 Å². The average Bonchev–Trinajstić information content (AvgIpc) is 2.39. The van der Waals surface area contributed by atoms with Crippen LogP contribution in [0.2, 0.25) is 0 Å². The molecule has 17 heavy (non-hydrogen) atoms. The Morgan fingerprint density at radius 3 is 2.29 bits per heavy atom. The lowest BCUT2D eigenvalue weighted by Gasteiger charge is -2.44. The molecule has 0 aromatic heterocycles. The molecular formula is C15H29NO. The maximum Gasteiger partial charge on any atom is 0.0555 e. The van der Waals surface area contributed by atoms with Gasteiger partial charge in [-0.25, -0.2) is 0 Å². The van der Waals surface area contributed by atoms with E-state index in [1.807, 2.05) is 0 Å². The summed E-state index contributed by atoms with van der Waals surface area (Å²) >= 11 is 0. The molecule has 0 bridgehead atoms. The average molecular weight is 239 g/mol. The first-order valence-electron chi connectivity index (χ1n) is 7.66. The lowest BCUT2D eigenvalue weighted by molar-refractivity contribution is 0.0103. The molecule has 1 aliphatic heterocycles. The molecule has 3 atom stereocenters. The minimum atomic E-state index is -0.0355. The van der Waals surface area contributed by atoms with Crippen molar-refractivity contribution in [2.75, 3.05) is 13.1 Å². The molecule has 1 aliphatic carbocycles. The van der Waals surface area contributed by atoms with Crippen LogP contribution in [0.25, 0.3) is 0 Å². The van der Waals surface area contributed by atoms with Gasteiger partial charge in [0, 0.05) is 6.04 Å². The van der Waals surface area contributed by atoms with E-state index in [0.717, 1.165) is 24.7 Å². The lowest BCUT2D eigenvalue weighted by atomic mass is 9.79. The van der Waals surface area contributed by atoms with Crippen LogP contribution < -0.4 is 0 Å². The molecule has 2 aliphatic rings. The number of hydrogen-bond acceptors (Lipinski definition) is 2. The van der Waals surface area contributed by atoms with Crippen molar-refractivity contribution in [2.45, 2.75) is 70.9 Å². The van der Waals surface area contributed by atoms with Crippen LogP contribution in [-0.2, 0) is 0 Å². The number of piperidine rings is 1. The molecule has 1 saturated carbocycles. The van der Waals surface area contributed by atoms with Gasteiger partial charge in [-0.05, 0) is 57.0 Å². The molecule has 0 aromatic carbocycles. The number of nitrogens with zero attached hydrogens (tertiary/aromatic N) is 1. The molecule has 1 saturated heterocycles. The van der Waals surface area contributed by atoms with E-state index in [0.29, 0.717) is 6.04 Å². The second-order valence-electron chi connectivity index (χ2n) is 6.09. The molecular weight excluding hydrogens is 210 g/mol. The predicted molar refractivity (Wildman–Crippen MR) is 72.0 cm³/mol. The van der Waals surface area contributed by atoms with E-state index in [-0.39, 0.29) is 6.10 Å². The second kappa shape index (κ2) is 6.19. The third-order valence-corrected chi connectivity index (χ3v) is 5.15. The fourth-order valence-corrected chi connectivity index (χ4v) is 3.80. The lowest BCUT2D eigenvalue weighted by Crippen LogP contribution is -2.48. The van der Waals surface area contributed by atoms with Gasteiger partial charge in [0.15, 0.2) is 0 Å². The van der Waals surface area contributed by atoms with Gasteiger partial charge >= 0.3 is 0 Å². The second-order valence-corrected chi connectivity index (χ2v) is 6.09. The van der Waals surface area contributed by atoms with Crippen molar-refractivity contribution in [2.24, 2.45) is 11.8 Å². The van der Waals surface area contributed by atoms with Crippen LogP contribution >= 0.6 is 0 Å². The molecule has 1 heterocycles. The molecule has 100 valence electrons. The first-order chi connectivity index (χ1) is 8.24. The summed E-state index contributed by atoms with van der Waals surface area (Å²) in [6.07, 6.45) is 8.63. The Kier molecular flexibility index (Phi) is 4.87. The van der Waals surface area contributed by atoms with Crippen molar-refractivity contribution in [3.8, 4) is 0 Å². The van der Waals surface area contributed by atoms with Crippen molar-refractivity contribution in [3.63, 3.8) is 0 Å². The predicted octanol–water partition coefficient (Wildman–Crippen LogP) is 3.05. The fourth-order valence-electron chi connectivity index (χ4n) is 3.80. The van der Waals surface area contributed by atoms with E-state index in [2.05, 4.69) is 18.7 Å². The number of aliphatic hydroxyl groups is 1. The molecule has 2 fully saturated rings. The Morgan fingerprint density at radius 2 is 1.71 bits per heavy atom. The molecule has 0 radical (unpaired) electrons. The normalized spacial score (nSPS) is 37.2. The molecule has 3 unspecified atom stereocenters. The highest BCUT2D eigenvalue weighted by Gasteiger charge is 2.34. The van der Waals surface area contributed by atoms with Gasteiger partial charge in [-0.3, -0.25) is 4.90 Å². The SMILES string of the molecule is CCC1CCN(C2CC(O)CCC2CC)CC1. The topological polar surface area (TPSA) is 23.5 Å². The van der Waals surface area contributed by atoms with Crippen LogP contribution in [0, 0.1) is 11.8 Å². The van der Waals surface area contributed by atoms with Crippen molar-refractivity contribution in [3.05, 3.63) is 0 Å². The summed E-state index contributed by atoms with van der Waals surface area (Å²) in [5, 5.41) is 9.90. The Morgan fingerprint density at radius 1 is 1.00 bits per heavy atom. The van der Waals surface area contributed by atoms with Crippen molar-refractivity contribution >= 4 is 0 Å². The van der Waals surface area contributed by atoms with Crippen LogP contribution in [0.5, 0.6) is 0 Å². The van der Waals surface area contributed by atoms with E-state index in [9.17, 15) is 5.11 Å². The quantitative estimate of drug-likeness (QED) is 0.818. The number of rotatable bonds is 3. The van der Waals surface area contributed by atoms with Crippen molar-refractivity contribution in [1.82, 2.24) is 4.90 Å². The molecule has 2 rings (SSSR count). The van der Waals surface area contributed by atoms with Gasteiger partial charge < -0.3 is 5.11 Å². The summed E-state index contributed by atoms with van der Waals surface area (Å²) in [6.45, 7) is 7.17. The Hall–Kier alpha value is -0.0800. The van der Waals surface area contributed by atoms with Gasteiger partial charge in [-0.2, -0.15) is 0 Å². The monoisotopic (exact) mass is 239 g/mol. The van der Waals surface area contributed by atoms with E-state index in [1.54, 1.807) is 0 Å². The third-order valence-electron chi connectivity index (χ3n) is 5.15. The van der Waals surface area contributed by atoms with Crippen LogP contribution in [0.15, 0.2) is 0 Å². The number of likely N-dealkylation sites (tertiary alicyclic amines) is 1. The molecule has 2 heteroatoms. The van der Waals surface area contributed by atoms with Gasteiger partial charge in [-0.15, -0.1) is 0 Å². The molecule has 0 amide bonds. The smallest absolute Gasteiger partial charge is 0.0555 e. The molecule has 1 N–H and O–H groups in total. The van der Waals surface area contributed by atoms with Gasteiger partial charge in [0.1, 0.15) is 0 Å². The Balaban J connectivity index is 1.90. The fraction of sp³-hybridized carbons (Fsp3) is 1.00. The number of aliphatic hydroxyl groups excluding tert-OH is 1. The van der Waals surface area contributed by atoms with Crippen LogP contribution in [0.4, 0.5) is 0 Å². The zero-order valence-electron chi connectivity index (χ0n) is 11.6. The summed E-state index contributed by atoms with van der Waals surface area (Å²) in [6, 6.07) is 0.668. The summed E-state index contributed by atoms with van der Waals surface area (Å²) in [7, 11) is 0. The number of hydrogen-bond donors (Lipinski definition) is 1. The standard InChI is InChI=1S/C15H29NO/c1-3-12-7-9-16(10-8-12)15-11-14(17)6-5-13(15)4-2/h12-15,17H,3-11H2,1-2H3. The highest BCUT2D eigenvalue weighted by molar-refractivity contribution is 4.88. The van der Waals surface area contributed by atoms with Gasteiger partial charge in [0.2, 0.25) is 0 Å². The van der Waals surface area contributed by atoms with Gasteiger partial charge in [-0.1, -0.05) is 26.7 Å². The first kappa shape index (κ1) is 13.4. The largest absolute Gasteiger partial charge is 0.393 e. The van der Waals surface area contributed by atoms with Crippen LogP contribution in [0.1, 0.15) is 58.8 Å². The summed E-state index contributed by atoms with van der Waals surface area (Å²) in [5.74, 6) is 1.79. The summed E-state index contributed by atoms with van der Waals surface area (Å²) in [5.41, 5.74) is 0. The van der Waals surface area contributed by atoms with E-state index in [4.69, 9.17) is 0 Å². The minimum Gasteiger partial charge on any atom is -0.393 e. The maximum atomic E-state index is 9.90. The first-order valence-corrected chi connectivity index (χ1v) is 7.66. The summed E-state index contributed by atoms with van der Waals surface area (Å²) < 4.78 is 0. The highest BCUT2D eigenvalue weighted by atomic mass is 16.3. The van der Waals surface area contributed by atoms with Gasteiger partial charge in [0.25, 0.3) is 0 Å². The zero-order chi connectivity index (χ0) is 12.3. The van der Waals surface area contributed by atoms with E-state index in [1.165, 1.54) is 45.2 Å². The van der Waals surface area contributed by atoms with Crippen LogP contribution in [-0.4, -0.2) is 35.2 Å². The zero-order valence-corrected chi connectivity index (χ0v) is 11.6. The van der Waals surface area contributed by atoms with Crippen molar-refractivity contribution < 1.29 is 5.11 Å². The maximum absolute atomic E-state index is 9.90. The van der Waals surface area contributed by atoms with Crippen molar-refractivity contribution in [1.29, 1.82) is 0 Å². The van der Waals surface area contributed by atoms with E-state index < -0.39 is 0 Å². The highest BCUT2D eigenvalue weighted by Crippen LogP contribution is 2.33. The molecule has 0 aromatic rings. The summed E-state index contributed by atoms with van der Waals surface area (Å²) in [4.78, 5) is 2.68. The van der Waals surface area contributed by atoms with E-state index >= 15 is 0 Å². The minimum absolute atomic E-state index is 0.0355. The molecule has 2 nitrogen and oxygen atoms in total. The Bertz CT molecular complexity index is 223. The Labute approximate surface area is 106 Å². The van der Waals surface area contributed by atoms with Crippen LogP contribution in [0.3, 0.4) is 0 Å².